The molecular formula is C29H36F2N4O4. The van der Waals surface area contributed by atoms with E-state index in [1.165, 1.54) is 13.8 Å². The highest BCUT2D eigenvalue weighted by Gasteiger charge is 2.36. The zero-order valence-electron chi connectivity index (χ0n) is 22.3. The van der Waals surface area contributed by atoms with E-state index >= 15 is 0 Å². The first-order valence-electron chi connectivity index (χ1n) is 13.2. The lowest BCUT2D eigenvalue weighted by Gasteiger charge is -2.29. The number of alkyl halides is 2. The Bertz CT molecular complexity index is 1130. The van der Waals surface area contributed by atoms with Gasteiger partial charge in [-0.25, -0.2) is 8.78 Å². The summed E-state index contributed by atoms with van der Waals surface area (Å²) in [6.45, 7) is 3.07. The van der Waals surface area contributed by atoms with Crippen LogP contribution in [0.4, 0.5) is 8.78 Å². The van der Waals surface area contributed by atoms with Crippen molar-refractivity contribution in [3.05, 3.63) is 66.0 Å². The number of nitrogens with one attached hydrogen (secondary N) is 3. The topological polar surface area (TPSA) is 117 Å². The third-order valence-electron chi connectivity index (χ3n) is 6.92. The number of halogens is 2. The quantitative estimate of drug-likeness (QED) is 0.355. The van der Waals surface area contributed by atoms with E-state index in [1.54, 1.807) is 48.7 Å². The molecule has 1 aliphatic rings. The van der Waals surface area contributed by atoms with E-state index in [4.69, 9.17) is 0 Å². The van der Waals surface area contributed by atoms with Crippen molar-refractivity contribution >= 4 is 23.5 Å². The minimum atomic E-state index is -2.62. The van der Waals surface area contributed by atoms with Crippen molar-refractivity contribution in [2.45, 2.75) is 82.8 Å². The fourth-order valence-electron chi connectivity index (χ4n) is 4.51. The molecule has 0 radical (unpaired) electrons. The summed E-state index contributed by atoms with van der Waals surface area (Å²) < 4.78 is 26.8. The van der Waals surface area contributed by atoms with E-state index in [2.05, 4.69) is 20.9 Å². The Hall–Kier alpha value is -3.69. The van der Waals surface area contributed by atoms with Crippen LogP contribution in [0.25, 0.3) is 0 Å². The smallest absolute Gasteiger partial charge is 0.289 e. The summed E-state index contributed by atoms with van der Waals surface area (Å²) in [7, 11) is 0. The van der Waals surface area contributed by atoms with Gasteiger partial charge in [-0.3, -0.25) is 24.2 Å². The van der Waals surface area contributed by atoms with Gasteiger partial charge in [0.2, 0.25) is 23.5 Å². The van der Waals surface area contributed by atoms with Gasteiger partial charge in [-0.15, -0.1) is 0 Å². The first kappa shape index (κ1) is 29.9. The molecule has 0 aliphatic heterocycles. The molecule has 0 unspecified atom stereocenters. The van der Waals surface area contributed by atoms with Crippen molar-refractivity contribution in [2.24, 2.45) is 5.92 Å². The molecule has 8 nitrogen and oxygen atoms in total. The van der Waals surface area contributed by atoms with Crippen LogP contribution in [0.15, 0.2) is 54.7 Å². The predicted octanol–water partition coefficient (Wildman–Crippen LogP) is 3.49. The highest BCUT2D eigenvalue weighted by Crippen LogP contribution is 2.37. The highest BCUT2D eigenvalue weighted by atomic mass is 19.3. The molecule has 3 N–H and O–H groups in total. The number of carbonyl (C=O) groups excluding carboxylic acids is 4. The molecule has 10 heteroatoms. The van der Waals surface area contributed by atoms with Crippen molar-refractivity contribution in [3.8, 4) is 0 Å². The van der Waals surface area contributed by atoms with Gasteiger partial charge in [0.15, 0.2) is 0 Å². The first-order valence-corrected chi connectivity index (χ1v) is 13.2. The molecule has 1 fully saturated rings. The molecule has 1 aromatic carbocycles. The molecule has 1 aromatic heterocycles. The summed E-state index contributed by atoms with van der Waals surface area (Å²) in [5.41, 5.74) is -0.0577. The number of ketones is 1. The lowest BCUT2D eigenvalue weighted by molar-refractivity contribution is -0.141. The van der Waals surface area contributed by atoms with Crippen LogP contribution in [0.1, 0.15) is 63.6 Å². The monoisotopic (exact) mass is 542 g/mol. The molecule has 3 amide bonds. The normalized spacial score (nSPS) is 16.1. The number of hydrogen-bond donors (Lipinski definition) is 3. The molecular weight excluding hydrogens is 506 g/mol. The Morgan fingerprint density at radius 1 is 1.03 bits per heavy atom. The maximum absolute atomic E-state index is 13.4. The number of hydrogen-bond acceptors (Lipinski definition) is 5. The van der Waals surface area contributed by atoms with Crippen LogP contribution in [0.5, 0.6) is 0 Å². The molecule has 210 valence electrons. The van der Waals surface area contributed by atoms with E-state index < -0.39 is 35.1 Å². The molecule has 0 spiro atoms. The Morgan fingerprint density at radius 2 is 1.69 bits per heavy atom. The zero-order chi connectivity index (χ0) is 28.5. The number of rotatable bonds is 12. The fraction of sp³-hybridized carbons (Fsp3) is 0.483. The number of Topliss-reactive ketones (excluding diaryl/α,β-unsaturated/α-hetero) is 1. The lowest BCUT2D eigenvalue weighted by atomic mass is 9.84. The van der Waals surface area contributed by atoms with Gasteiger partial charge in [0.25, 0.3) is 5.91 Å². The van der Waals surface area contributed by atoms with Crippen LogP contribution >= 0.6 is 0 Å². The first-order chi connectivity index (χ1) is 18.4. The minimum absolute atomic E-state index is 0.0461. The number of benzene rings is 1. The maximum atomic E-state index is 13.4. The van der Waals surface area contributed by atoms with E-state index in [0.29, 0.717) is 25.0 Å². The summed E-state index contributed by atoms with van der Waals surface area (Å²) in [5, 5.41) is 7.86. The zero-order valence-corrected chi connectivity index (χ0v) is 22.3. The lowest BCUT2D eigenvalue weighted by Crippen LogP contribution is -2.59. The van der Waals surface area contributed by atoms with Crippen molar-refractivity contribution < 1.29 is 28.0 Å². The average molecular weight is 543 g/mol. The molecule has 2 aromatic rings. The standard InChI is InChI=1S/C29H36F2N4O4/c1-28(2,35-24(36)12-11-20-13-15-29(30,31)16-14-20)27(39)34-23(18-21-8-4-3-5-9-21)25(37)26(38)33-19-22-10-6-7-17-32-22/h3-10,17,20,23H,11-16,18-19H2,1-2H3,(H,33,38)(H,34,39)(H,35,36)/t23-/m1/s1. The Morgan fingerprint density at radius 3 is 2.33 bits per heavy atom. The predicted molar refractivity (Wildman–Crippen MR) is 142 cm³/mol. The third-order valence-corrected chi connectivity index (χ3v) is 6.92. The van der Waals surface area contributed by atoms with Crippen LogP contribution in [-0.2, 0) is 32.1 Å². The summed E-state index contributed by atoms with van der Waals surface area (Å²) in [6.07, 6.45) is 2.63. The van der Waals surface area contributed by atoms with E-state index in [1.807, 2.05) is 6.07 Å². The maximum Gasteiger partial charge on any atom is 0.289 e. The third kappa shape index (κ3) is 9.53. The molecule has 0 saturated heterocycles. The minimum Gasteiger partial charge on any atom is -0.344 e. The summed E-state index contributed by atoms with van der Waals surface area (Å²) >= 11 is 0. The van der Waals surface area contributed by atoms with Gasteiger partial charge in [-0.2, -0.15) is 0 Å². The van der Waals surface area contributed by atoms with Crippen LogP contribution in [0, 0.1) is 5.92 Å². The van der Waals surface area contributed by atoms with Crippen LogP contribution < -0.4 is 16.0 Å². The van der Waals surface area contributed by atoms with E-state index in [0.717, 1.165) is 5.56 Å². The summed E-state index contributed by atoms with van der Waals surface area (Å²) in [4.78, 5) is 55.7. The van der Waals surface area contributed by atoms with Gasteiger partial charge >= 0.3 is 0 Å². The molecule has 3 rings (SSSR count). The average Bonchev–Trinajstić information content (AvgIpc) is 2.91. The number of amides is 3. The van der Waals surface area contributed by atoms with E-state index in [9.17, 15) is 28.0 Å². The molecule has 0 bridgehead atoms. The van der Waals surface area contributed by atoms with Crippen molar-refractivity contribution in [1.82, 2.24) is 20.9 Å². The van der Waals surface area contributed by atoms with Crippen LogP contribution in [0.2, 0.25) is 0 Å². The number of carbonyl (C=O) groups is 4. The van der Waals surface area contributed by atoms with Gasteiger partial charge in [-0.1, -0.05) is 36.4 Å². The van der Waals surface area contributed by atoms with Gasteiger partial charge < -0.3 is 16.0 Å². The molecule has 39 heavy (non-hydrogen) atoms. The van der Waals surface area contributed by atoms with Crippen molar-refractivity contribution in [3.63, 3.8) is 0 Å². The second-order valence-electron chi connectivity index (χ2n) is 10.6. The second-order valence-corrected chi connectivity index (χ2v) is 10.6. The van der Waals surface area contributed by atoms with Crippen molar-refractivity contribution in [1.29, 1.82) is 0 Å². The number of aromatic nitrogens is 1. The largest absolute Gasteiger partial charge is 0.344 e. The van der Waals surface area contributed by atoms with E-state index in [-0.39, 0.29) is 44.1 Å². The highest BCUT2D eigenvalue weighted by molar-refractivity contribution is 6.38. The second kappa shape index (κ2) is 13.4. The van der Waals surface area contributed by atoms with Crippen LogP contribution in [0.3, 0.4) is 0 Å². The molecule has 1 saturated carbocycles. The molecule has 1 aliphatic carbocycles. The van der Waals surface area contributed by atoms with Gasteiger partial charge in [0.1, 0.15) is 11.6 Å². The number of nitrogens with zero attached hydrogens (tertiary/aromatic N) is 1. The Balaban J connectivity index is 1.59. The molecule has 1 heterocycles. The summed E-state index contributed by atoms with van der Waals surface area (Å²) in [5.74, 6) is -5.26. The SMILES string of the molecule is CC(C)(NC(=O)CCC1CCC(F)(F)CC1)C(=O)N[C@H](Cc1ccccc1)C(=O)C(=O)NCc1ccccn1. The van der Waals surface area contributed by atoms with Crippen molar-refractivity contribution in [2.75, 3.05) is 0 Å². The number of pyridine rings is 1. The van der Waals surface area contributed by atoms with Gasteiger partial charge in [-0.05, 0) is 56.7 Å². The fourth-order valence-corrected chi connectivity index (χ4v) is 4.51. The Labute approximate surface area is 227 Å². The van der Waals surface area contributed by atoms with Gasteiger partial charge in [0, 0.05) is 31.9 Å². The van der Waals surface area contributed by atoms with Gasteiger partial charge in [0.05, 0.1) is 12.2 Å². The summed E-state index contributed by atoms with van der Waals surface area (Å²) in [6, 6.07) is 13.0. The van der Waals surface area contributed by atoms with Crippen LogP contribution in [-0.4, -0.2) is 46.0 Å². The molecule has 1 atom stereocenters. The Kier molecular flexibility index (Phi) is 10.3.